The third-order valence-corrected chi connectivity index (χ3v) is 3.64. The lowest BCUT2D eigenvalue weighted by atomic mass is 9.95. The molecule has 22 heavy (non-hydrogen) atoms. The van der Waals surface area contributed by atoms with E-state index in [1.165, 1.54) is 6.33 Å². The Morgan fingerprint density at radius 1 is 1.41 bits per heavy atom. The van der Waals surface area contributed by atoms with Gasteiger partial charge in [-0.25, -0.2) is 14.8 Å². The quantitative estimate of drug-likeness (QED) is 0.889. The summed E-state index contributed by atoms with van der Waals surface area (Å²) >= 11 is 0. The van der Waals surface area contributed by atoms with Crippen molar-refractivity contribution in [2.45, 2.75) is 58.0 Å². The molecule has 0 bridgehead atoms. The van der Waals surface area contributed by atoms with Crippen LogP contribution in [0.3, 0.4) is 0 Å². The van der Waals surface area contributed by atoms with Crippen LogP contribution in [0, 0.1) is 0 Å². The highest BCUT2D eigenvalue weighted by atomic mass is 16.5. The van der Waals surface area contributed by atoms with Crippen molar-refractivity contribution in [3.63, 3.8) is 0 Å². The van der Waals surface area contributed by atoms with Crippen LogP contribution in [0.1, 0.15) is 39.8 Å². The largest absolute Gasteiger partial charge is 0.378 e. The van der Waals surface area contributed by atoms with Crippen LogP contribution in [0.4, 0.5) is 10.6 Å². The van der Waals surface area contributed by atoms with Gasteiger partial charge in [0.2, 0.25) is 0 Å². The molecule has 1 aromatic heterocycles. The second-order valence-corrected chi connectivity index (χ2v) is 6.65. The molecule has 1 saturated heterocycles. The maximum absolute atomic E-state index is 12.2. The minimum Gasteiger partial charge on any atom is -0.378 e. The summed E-state index contributed by atoms with van der Waals surface area (Å²) < 4.78 is 11.0. The predicted molar refractivity (Wildman–Crippen MR) is 82.5 cm³/mol. The van der Waals surface area contributed by atoms with Gasteiger partial charge in [-0.15, -0.1) is 0 Å². The number of methoxy groups -OCH3 is 1. The zero-order chi connectivity index (χ0) is 16.4. The van der Waals surface area contributed by atoms with Crippen LogP contribution in [0.2, 0.25) is 0 Å². The first-order valence-corrected chi connectivity index (χ1v) is 7.29. The smallest absolute Gasteiger partial charge is 0.320 e. The summed E-state index contributed by atoms with van der Waals surface area (Å²) in [5, 5.41) is 5.68. The number of hydrogen-bond donors (Lipinski definition) is 2. The van der Waals surface area contributed by atoms with Crippen molar-refractivity contribution in [2.75, 3.05) is 12.4 Å². The average Bonchev–Trinajstić information content (AvgIpc) is 2.57. The number of carbonyl (C=O) groups excluding carboxylic acids is 1. The van der Waals surface area contributed by atoms with Crippen LogP contribution >= 0.6 is 0 Å². The SMILES string of the molecule is COCc1cc(NC(=O)NC2CC(C)(C)OC2(C)C)ncn1. The Balaban J connectivity index is 1.97. The molecular weight excluding hydrogens is 284 g/mol. The lowest BCUT2D eigenvalue weighted by Crippen LogP contribution is -2.47. The second-order valence-electron chi connectivity index (χ2n) is 6.65. The number of rotatable bonds is 4. The Hall–Kier alpha value is -1.73. The zero-order valence-corrected chi connectivity index (χ0v) is 13.8. The van der Waals surface area contributed by atoms with E-state index in [0.717, 1.165) is 6.42 Å². The molecule has 7 nitrogen and oxygen atoms in total. The molecule has 2 amide bonds. The van der Waals surface area contributed by atoms with Crippen molar-refractivity contribution in [1.29, 1.82) is 0 Å². The highest BCUT2D eigenvalue weighted by molar-refractivity contribution is 5.88. The molecule has 1 fully saturated rings. The minimum absolute atomic E-state index is 0.0669. The summed E-state index contributed by atoms with van der Waals surface area (Å²) in [5.74, 6) is 0.440. The molecule has 2 heterocycles. The van der Waals surface area contributed by atoms with Crippen molar-refractivity contribution >= 4 is 11.8 Å². The zero-order valence-electron chi connectivity index (χ0n) is 13.8. The molecule has 1 atom stereocenters. The summed E-state index contributed by atoms with van der Waals surface area (Å²) in [4.78, 5) is 20.3. The van der Waals surface area contributed by atoms with Crippen molar-refractivity contribution in [2.24, 2.45) is 0 Å². The summed E-state index contributed by atoms with van der Waals surface area (Å²) in [6, 6.07) is 1.31. The van der Waals surface area contributed by atoms with Crippen LogP contribution in [0.5, 0.6) is 0 Å². The Morgan fingerprint density at radius 2 is 2.14 bits per heavy atom. The first-order valence-electron chi connectivity index (χ1n) is 7.29. The molecule has 0 saturated carbocycles. The maximum Gasteiger partial charge on any atom is 0.320 e. The summed E-state index contributed by atoms with van der Waals surface area (Å²) in [6.07, 6.45) is 2.15. The lowest BCUT2D eigenvalue weighted by molar-refractivity contribution is -0.0689. The van der Waals surface area contributed by atoms with E-state index >= 15 is 0 Å². The minimum atomic E-state index is -0.409. The van der Waals surface area contributed by atoms with Crippen LogP contribution in [0.25, 0.3) is 0 Å². The molecular formula is C15H24N4O3. The number of hydrogen-bond acceptors (Lipinski definition) is 5. The van der Waals surface area contributed by atoms with Gasteiger partial charge in [-0.3, -0.25) is 5.32 Å². The number of ether oxygens (including phenoxy) is 2. The first-order chi connectivity index (χ1) is 10.2. The van der Waals surface area contributed by atoms with Gasteiger partial charge in [-0.05, 0) is 34.1 Å². The molecule has 1 aliphatic heterocycles. The third kappa shape index (κ3) is 4.14. The van der Waals surface area contributed by atoms with Crippen LogP contribution in [-0.2, 0) is 16.1 Å². The van der Waals surface area contributed by atoms with Gasteiger partial charge < -0.3 is 14.8 Å². The average molecular weight is 308 g/mol. The molecule has 0 aliphatic carbocycles. The van der Waals surface area contributed by atoms with E-state index < -0.39 is 5.60 Å². The van der Waals surface area contributed by atoms with Crippen LogP contribution in [-0.4, -0.2) is 40.4 Å². The van der Waals surface area contributed by atoms with E-state index in [2.05, 4.69) is 20.6 Å². The number of urea groups is 1. The van der Waals surface area contributed by atoms with Gasteiger partial charge >= 0.3 is 6.03 Å². The fourth-order valence-corrected chi connectivity index (χ4v) is 2.79. The van der Waals surface area contributed by atoms with Crippen molar-refractivity contribution in [3.05, 3.63) is 18.1 Å². The number of aromatic nitrogens is 2. The van der Waals surface area contributed by atoms with E-state index in [0.29, 0.717) is 18.1 Å². The number of nitrogens with one attached hydrogen (secondary N) is 2. The van der Waals surface area contributed by atoms with E-state index in [4.69, 9.17) is 9.47 Å². The van der Waals surface area contributed by atoms with E-state index in [-0.39, 0.29) is 17.7 Å². The Kier molecular flexibility index (Phi) is 4.67. The molecule has 122 valence electrons. The lowest BCUT2D eigenvalue weighted by Gasteiger charge is -2.27. The van der Waals surface area contributed by atoms with Gasteiger partial charge in [0.1, 0.15) is 12.1 Å². The van der Waals surface area contributed by atoms with Gasteiger partial charge in [-0.1, -0.05) is 0 Å². The van der Waals surface area contributed by atoms with Crippen LogP contribution in [0.15, 0.2) is 12.4 Å². The molecule has 1 unspecified atom stereocenters. The highest BCUT2D eigenvalue weighted by Gasteiger charge is 2.46. The molecule has 0 radical (unpaired) electrons. The Labute approximate surface area is 130 Å². The van der Waals surface area contributed by atoms with Gasteiger partial charge in [0.15, 0.2) is 0 Å². The molecule has 0 spiro atoms. The molecule has 0 aromatic carbocycles. The van der Waals surface area contributed by atoms with Gasteiger partial charge in [0.25, 0.3) is 0 Å². The monoisotopic (exact) mass is 308 g/mol. The summed E-state index contributed by atoms with van der Waals surface area (Å²) in [6.45, 7) is 8.38. The highest BCUT2D eigenvalue weighted by Crippen LogP contribution is 2.37. The van der Waals surface area contributed by atoms with Gasteiger partial charge in [-0.2, -0.15) is 0 Å². The maximum atomic E-state index is 12.2. The summed E-state index contributed by atoms with van der Waals surface area (Å²) in [7, 11) is 1.59. The molecule has 2 N–H and O–H groups in total. The normalized spacial score (nSPS) is 22.3. The number of amides is 2. The van der Waals surface area contributed by atoms with E-state index in [1.54, 1.807) is 13.2 Å². The fourth-order valence-electron chi connectivity index (χ4n) is 2.79. The van der Waals surface area contributed by atoms with Crippen LogP contribution < -0.4 is 10.6 Å². The Bertz CT molecular complexity index is 545. The van der Waals surface area contributed by atoms with Crippen molar-refractivity contribution in [1.82, 2.24) is 15.3 Å². The number of carbonyl (C=O) groups is 1. The number of anilines is 1. The van der Waals surface area contributed by atoms with Gasteiger partial charge in [0, 0.05) is 13.2 Å². The standard InChI is InChI=1S/C15H24N4O3/c1-14(2)7-11(15(3,4)22-14)18-13(20)19-12-6-10(8-21-5)16-9-17-12/h6,9,11H,7-8H2,1-5H3,(H2,16,17,18,19,20). The second kappa shape index (κ2) is 6.18. The third-order valence-electron chi connectivity index (χ3n) is 3.64. The summed E-state index contributed by atoms with van der Waals surface area (Å²) in [5.41, 5.74) is 0.0499. The molecule has 1 aromatic rings. The molecule has 2 rings (SSSR count). The van der Waals surface area contributed by atoms with Crippen molar-refractivity contribution < 1.29 is 14.3 Å². The molecule has 1 aliphatic rings. The van der Waals surface area contributed by atoms with Gasteiger partial charge in [0.05, 0.1) is 29.5 Å². The molecule has 7 heteroatoms. The van der Waals surface area contributed by atoms with E-state index in [9.17, 15) is 4.79 Å². The topological polar surface area (TPSA) is 85.4 Å². The first kappa shape index (κ1) is 16.6. The fraction of sp³-hybridized carbons (Fsp3) is 0.667. The Morgan fingerprint density at radius 3 is 2.73 bits per heavy atom. The van der Waals surface area contributed by atoms with Crippen molar-refractivity contribution in [3.8, 4) is 0 Å². The number of nitrogens with zero attached hydrogens (tertiary/aromatic N) is 2. The van der Waals surface area contributed by atoms with E-state index in [1.807, 2.05) is 27.7 Å². The predicted octanol–water partition coefficient (Wildman–Crippen LogP) is 2.09.